The molecule has 0 saturated heterocycles. The third kappa shape index (κ3) is 7.03. The van der Waals surface area contributed by atoms with Crippen LogP contribution < -0.4 is 0 Å². The Morgan fingerprint density at radius 2 is 1.92 bits per heavy atom. The Kier molecular flexibility index (Phi) is 8.93. The molecule has 4 unspecified atom stereocenters. The van der Waals surface area contributed by atoms with Crippen molar-refractivity contribution in [2.75, 3.05) is 7.11 Å². The maximum atomic E-state index is 13.1. The van der Waals surface area contributed by atoms with Crippen LogP contribution in [0.3, 0.4) is 0 Å². The van der Waals surface area contributed by atoms with Crippen molar-refractivity contribution in [3.8, 4) is 0 Å². The molecule has 0 fully saturated rings. The van der Waals surface area contributed by atoms with E-state index in [2.05, 4.69) is 67.5 Å². The van der Waals surface area contributed by atoms with Crippen LogP contribution in [0.1, 0.15) is 81.1 Å². The Hall–Kier alpha value is -0.280. The van der Waals surface area contributed by atoms with Crippen LogP contribution >= 0.6 is 11.8 Å². The number of Topliss-reactive ketones (excluding diaryl/α,β-unsaturated/α-hetero) is 1. The van der Waals surface area contributed by atoms with Crippen LogP contribution in [-0.2, 0) is 9.53 Å². The van der Waals surface area contributed by atoms with Crippen LogP contribution in [0.5, 0.6) is 0 Å². The molecule has 0 amide bonds. The molecule has 1 aliphatic carbocycles. The Bertz CT molecular complexity index is 479. The van der Waals surface area contributed by atoms with Gasteiger partial charge in [-0.2, -0.15) is 11.8 Å². The van der Waals surface area contributed by atoms with Gasteiger partial charge < -0.3 is 4.74 Å². The number of carbonyl (C=O) groups is 1. The van der Waals surface area contributed by atoms with Crippen molar-refractivity contribution in [3.05, 3.63) is 12.2 Å². The number of ketones is 1. The Labute approximate surface area is 166 Å². The van der Waals surface area contributed by atoms with E-state index in [4.69, 9.17) is 4.74 Å². The van der Waals surface area contributed by atoms with E-state index in [1.54, 1.807) is 7.11 Å². The molecule has 0 aromatic heterocycles. The van der Waals surface area contributed by atoms with E-state index in [0.29, 0.717) is 34.5 Å². The van der Waals surface area contributed by atoms with Gasteiger partial charge in [-0.15, -0.1) is 0 Å². The number of rotatable bonds is 10. The number of thioether (sulfide) groups is 1. The molecule has 4 atom stereocenters. The molecule has 26 heavy (non-hydrogen) atoms. The molecular formula is C23H42O2S. The van der Waals surface area contributed by atoms with Crippen molar-refractivity contribution in [3.63, 3.8) is 0 Å². The van der Waals surface area contributed by atoms with E-state index < -0.39 is 0 Å². The van der Waals surface area contributed by atoms with Crippen molar-refractivity contribution >= 4 is 17.5 Å². The van der Waals surface area contributed by atoms with Crippen LogP contribution in [0.4, 0.5) is 0 Å². The minimum atomic E-state index is -0.0688. The second-order valence-corrected chi connectivity index (χ2v) is 11.5. The van der Waals surface area contributed by atoms with Gasteiger partial charge >= 0.3 is 0 Å². The Morgan fingerprint density at radius 3 is 2.42 bits per heavy atom. The summed E-state index contributed by atoms with van der Waals surface area (Å²) in [6.07, 6.45) is 8.37. The lowest BCUT2D eigenvalue weighted by Gasteiger charge is -2.39. The molecule has 0 aromatic carbocycles. The zero-order chi connectivity index (χ0) is 20.1. The first-order valence-electron chi connectivity index (χ1n) is 10.3. The zero-order valence-corrected chi connectivity index (χ0v) is 19.4. The van der Waals surface area contributed by atoms with Crippen molar-refractivity contribution < 1.29 is 9.53 Å². The third-order valence-corrected chi connectivity index (χ3v) is 7.78. The van der Waals surface area contributed by atoms with Gasteiger partial charge in [0.2, 0.25) is 0 Å². The summed E-state index contributed by atoms with van der Waals surface area (Å²) in [6, 6.07) is 0. The van der Waals surface area contributed by atoms with Gasteiger partial charge in [0, 0.05) is 29.9 Å². The lowest BCUT2D eigenvalue weighted by Crippen LogP contribution is -2.38. The molecule has 0 radical (unpaired) electrons. The number of carbonyl (C=O) groups excluding carboxylic acids is 1. The van der Waals surface area contributed by atoms with E-state index in [0.717, 1.165) is 19.3 Å². The van der Waals surface area contributed by atoms with Gasteiger partial charge in [0.15, 0.2) is 0 Å². The molecule has 1 aliphatic rings. The number of methoxy groups -OCH3 is 1. The average molecular weight is 383 g/mol. The van der Waals surface area contributed by atoms with Gasteiger partial charge in [0.1, 0.15) is 5.78 Å². The molecule has 0 heterocycles. The van der Waals surface area contributed by atoms with Gasteiger partial charge in [-0.1, -0.05) is 53.7 Å². The minimum absolute atomic E-state index is 0.0688. The first kappa shape index (κ1) is 23.8. The predicted molar refractivity (Wildman–Crippen MR) is 116 cm³/mol. The first-order chi connectivity index (χ1) is 11.9. The predicted octanol–water partition coefficient (Wildman–Crippen LogP) is 6.54. The molecule has 0 aromatic rings. The van der Waals surface area contributed by atoms with Crippen molar-refractivity contribution in [2.24, 2.45) is 23.2 Å². The van der Waals surface area contributed by atoms with Crippen molar-refractivity contribution in [1.82, 2.24) is 0 Å². The Morgan fingerprint density at radius 1 is 1.31 bits per heavy atom. The summed E-state index contributed by atoms with van der Waals surface area (Å²) in [5.41, 5.74) is 0.0101. The molecule has 1 rings (SSSR count). The van der Waals surface area contributed by atoms with Crippen molar-refractivity contribution in [1.29, 1.82) is 0 Å². The maximum Gasteiger partial charge on any atom is 0.138 e. The van der Waals surface area contributed by atoms with Gasteiger partial charge in [-0.05, 0) is 50.4 Å². The quantitative estimate of drug-likeness (QED) is 0.401. The summed E-state index contributed by atoms with van der Waals surface area (Å²) in [4.78, 5) is 13.1. The largest absolute Gasteiger partial charge is 0.379 e. The zero-order valence-electron chi connectivity index (χ0n) is 18.6. The monoisotopic (exact) mass is 382 g/mol. The lowest BCUT2D eigenvalue weighted by atomic mass is 9.65. The first-order valence-corrected chi connectivity index (χ1v) is 11.2. The molecule has 152 valence electrons. The SMILES string of the molecule is COC(C)(C)CCC(SC(C)CC(=O)C1C(C)C=CCC1(C)C)C(C)C. The van der Waals surface area contributed by atoms with Crippen LogP contribution in [-0.4, -0.2) is 29.0 Å². The lowest BCUT2D eigenvalue weighted by molar-refractivity contribution is -0.128. The molecule has 0 saturated carbocycles. The van der Waals surface area contributed by atoms with E-state index in [1.807, 2.05) is 11.8 Å². The number of allylic oxidation sites excluding steroid dienone is 2. The van der Waals surface area contributed by atoms with Crippen LogP contribution in [0, 0.1) is 23.2 Å². The second kappa shape index (κ2) is 9.78. The normalized spacial score (nSPS) is 25.3. The van der Waals surface area contributed by atoms with Gasteiger partial charge in [-0.25, -0.2) is 0 Å². The summed E-state index contributed by atoms with van der Waals surface area (Å²) >= 11 is 2.00. The van der Waals surface area contributed by atoms with Crippen LogP contribution in [0.15, 0.2) is 12.2 Å². The van der Waals surface area contributed by atoms with E-state index in [9.17, 15) is 4.79 Å². The Balaban J connectivity index is 2.65. The molecule has 0 N–H and O–H groups in total. The summed E-state index contributed by atoms with van der Waals surface area (Å²) < 4.78 is 5.58. The summed E-state index contributed by atoms with van der Waals surface area (Å²) in [5, 5.41) is 0.943. The fourth-order valence-electron chi connectivity index (χ4n) is 4.17. The van der Waals surface area contributed by atoms with Crippen molar-refractivity contribution in [2.45, 2.75) is 97.2 Å². The summed E-state index contributed by atoms with van der Waals surface area (Å²) in [7, 11) is 1.79. The smallest absolute Gasteiger partial charge is 0.138 e. The fraction of sp³-hybridized carbons (Fsp3) is 0.870. The molecule has 0 spiro atoms. The molecule has 2 nitrogen and oxygen atoms in total. The summed E-state index contributed by atoms with van der Waals surface area (Å²) in [6.45, 7) is 17.8. The summed E-state index contributed by atoms with van der Waals surface area (Å²) in [5.74, 6) is 1.57. The number of hydrogen-bond donors (Lipinski definition) is 0. The highest BCUT2D eigenvalue weighted by atomic mass is 32.2. The van der Waals surface area contributed by atoms with Gasteiger partial charge in [0.05, 0.1) is 5.60 Å². The molecule has 3 heteroatoms. The topological polar surface area (TPSA) is 26.3 Å². The highest BCUT2D eigenvalue weighted by Crippen LogP contribution is 2.42. The van der Waals surface area contributed by atoms with E-state index in [-0.39, 0.29) is 16.9 Å². The number of ether oxygens (including phenoxy) is 1. The van der Waals surface area contributed by atoms with Gasteiger partial charge in [-0.3, -0.25) is 4.79 Å². The number of hydrogen-bond acceptors (Lipinski definition) is 3. The highest BCUT2D eigenvalue weighted by molar-refractivity contribution is 8.00. The van der Waals surface area contributed by atoms with E-state index in [1.165, 1.54) is 0 Å². The third-order valence-electron chi connectivity index (χ3n) is 6.02. The molecule has 0 aliphatic heterocycles. The highest BCUT2D eigenvalue weighted by Gasteiger charge is 2.39. The average Bonchev–Trinajstić information content (AvgIpc) is 2.49. The standard InChI is InChI=1S/C23H42O2S/c1-16(2)20(12-14-23(7,8)25-9)26-18(4)15-19(24)21-17(3)11-10-13-22(21,5)6/h10-11,16-18,20-21H,12-15H2,1-9H3. The van der Waals surface area contributed by atoms with Crippen LogP contribution in [0.25, 0.3) is 0 Å². The van der Waals surface area contributed by atoms with E-state index >= 15 is 0 Å². The molecular weight excluding hydrogens is 340 g/mol. The molecule has 0 bridgehead atoms. The van der Waals surface area contributed by atoms with Gasteiger partial charge in [0.25, 0.3) is 0 Å². The maximum absolute atomic E-state index is 13.1. The second-order valence-electron chi connectivity index (χ2n) is 9.86. The fourth-order valence-corrected chi connectivity index (χ4v) is 5.60. The minimum Gasteiger partial charge on any atom is -0.379 e. The van der Waals surface area contributed by atoms with Crippen LogP contribution in [0.2, 0.25) is 0 Å².